The van der Waals surface area contributed by atoms with Gasteiger partial charge in [-0.3, -0.25) is 0 Å². The van der Waals surface area contributed by atoms with Crippen LogP contribution in [-0.4, -0.2) is 30.1 Å². The zero-order valence-corrected chi connectivity index (χ0v) is 16.2. The Morgan fingerprint density at radius 1 is 0.875 bits per heavy atom. The number of carboxylic acids is 2. The number of carbonyl (C=O) groups excluding carboxylic acids is 2. The fraction of sp³-hybridized carbons (Fsp3) is 0.882. The molecule has 3 rings (SSSR count). The predicted octanol–water partition coefficient (Wildman–Crippen LogP) is 1.32. The maximum absolute atomic E-state index is 10.2. The molecule has 0 bridgehead atoms. The third-order valence-electron chi connectivity index (χ3n) is 5.45. The van der Waals surface area contributed by atoms with Crippen LogP contribution in [0.15, 0.2) is 0 Å². The van der Waals surface area contributed by atoms with Crippen molar-refractivity contribution >= 4 is 11.9 Å². The van der Waals surface area contributed by atoms with Crippen LogP contribution in [0.1, 0.15) is 70.6 Å². The van der Waals surface area contributed by atoms with Crippen molar-refractivity contribution < 1.29 is 40.9 Å². The summed E-state index contributed by atoms with van der Waals surface area (Å²) in [6.07, 6.45) is 11.1. The molecular formula is C17H26N2O4Pt. The molecule has 0 unspecified atom stereocenters. The van der Waals surface area contributed by atoms with E-state index in [1.807, 2.05) is 0 Å². The summed E-state index contributed by atoms with van der Waals surface area (Å²) in [6, 6.07) is 1.13. The molecule has 6 nitrogen and oxygen atoms in total. The Balaban J connectivity index is 0.000000238. The number of nitrogens with one attached hydrogen (secondary N) is 1. The fourth-order valence-electron chi connectivity index (χ4n) is 3.64. The summed E-state index contributed by atoms with van der Waals surface area (Å²) in [6.45, 7) is 0. The van der Waals surface area contributed by atoms with Crippen LogP contribution in [0.5, 0.6) is 0 Å². The van der Waals surface area contributed by atoms with Crippen LogP contribution >= 0.6 is 0 Å². The minimum absolute atomic E-state index is 0. The van der Waals surface area contributed by atoms with Gasteiger partial charge in [0.25, 0.3) is 0 Å². The number of carboxylic acid groups (broad SMARTS) is 2. The number of hydrogen-bond donors (Lipinski definition) is 0. The van der Waals surface area contributed by atoms with Crippen molar-refractivity contribution in [2.45, 2.75) is 88.8 Å². The second kappa shape index (κ2) is 9.88. The van der Waals surface area contributed by atoms with Crippen molar-refractivity contribution in [2.24, 2.45) is 5.41 Å². The number of carbonyl (C=O) groups is 2. The van der Waals surface area contributed by atoms with Crippen LogP contribution in [-0.2, 0) is 30.7 Å². The Bertz CT molecular complexity index is 407. The number of nitrogens with zero attached hydrogens (tertiary/aromatic N) is 1. The van der Waals surface area contributed by atoms with Crippen molar-refractivity contribution in [3.8, 4) is 0 Å². The van der Waals surface area contributed by atoms with Crippen molar-refractivity contribution in [1.29, 1.82) is 0 Å². The van der Waals surface area contributed by atoms with Gasteiger partial charge in [0.05, 0.1) is 11.9 Å². The molecule has 0 saturated heterocycles. The molecule has 1 N–H and O–H groups in total. The van der Waals surface area contributed by atoms with Gasteiger partial charge in [-0.1, -0.05) is 57.8 Å². The van der Waals surface area contributed by atoms with Gasteiger partial charge in [-0.05, 0) is 12.8 Å². The molecule has 0 radical (unpaired) electrons. The van der Waals surface area contributed by atoms with Crippen LogP contribution < -0.4 is 10.2 Å². The first-order valence-electron chi connectivity index (χ1n) is 8.80. The van der Waals surface area contributed by atoms with E-state index in [9.17, 15) is 19.8 Å². The summed E-state index contributed by atoms with van der Waals surface area (Å²) < 4.78 is 0. The Morgan fingerprint density at radius 2 is 1.38 bits per heavy atom. The molecule has 24 heavy (non-hydrogen) atoms. The quantitative estimate of drug-likeness (QED) is 0.523. The Hall–Kier alpha value is -0.452. The second-order valence-electron chi connectivity index (χ2n) is 7.06. The monoisotopic (exact) mass is 517 g/mol. The summed E-state index contributed by atoms with van der Waals surface area (Å²) in [5.41, 5.74) is 6.23. The maximum Gasteiger partial charge on any atom is 4.00 e. The molecule has 0 aromatic heterocycles. The Kier molecular flexibility index (Phi) is 8.89. The largest absolute Gasteiger partial charge is 4.00 e. The average Bonchev–Trinajstić information content (AvgIpc) is 2.93. The molecule has 3 aliphatic carbocycles. The van der Waals surface area contributed by atoms with E-state index in [2.05, 4.69) is 0 Å². The Morgan fingerprint density at radius 3 is 1.75 bits per heavy atom. The minimum atomic E-state index is -1.67. The SMILES string of the molecule is O=C([O-])C1(C(=O)[O-])CCC1.[NH-][C@@H]1CCCC[C@H]1[N-]C1CCCC1.[Pt+4]. The molecule has 0 aromatic rings. The minimum Gasteiger partial charge on any atom is -0.676 e. The van der Waals surface area contributed by atoms with E-state index in [0.717, 1.165) is 6.42 Å². The van der Waals surface area contributed by atoms with Gasteiger partial charge in [-0.15, -0.1) is 6.04 Å². The molecule has 3 aliphatic rings. The summed E-state index contributed by atoms with van der Waals surface area (Å²) in [5.74, 6) is -3.03. The average molecular weight is 517 g/mol. The molecule has 0 aliphatic heterocycles. The predicted molar refractivity (Wildman–Crippen MR) is 82.3 cm³/mol. The zero-order chi connectivity index (χ0) is 16.9. The molecule has 138 valence electrons. The van der Waals surface area contributed by atoms with Crippen molar-refractivity contribution in [1.82, 2.24) is 0 Å². The molecule has 0 aromatic carbocycles. The first-order chi connectivity index (χ1) is 11.0. The van der Waals surface area contributed by atoms with E-state index in [-0.39, 0.29) is 39.9 Å². The van der Waals surface area contributed by atoms with Gasteiger partial charge < -0.3 is 30.9 Å². The molecule has 2 atom stereocenters. The molecule has 0 spiro atoms. The summed E-state index contributed by atoms with van der Waals surface area (Å²) in [7, 11) is 0. The third kappa shape index (κ3) is 5.27. The maximum atomic E-state index is 10.2. The van der Waals surface area contributed by atoms with Crippen molar-refractivity contribution in [2.75, 3.05) is 0 Å². The van der Waals surface area contributed by atoms with Gasteiger partial charge >= 0.3 is 21.1 Å². The first-order valence-corrected chi connectivity index (χ1v) is 8.80. The van der Waals surface area contributed by atoms with Crippen LogP contribution in [0.3, 0.4) is 0 Å². The van der Waals surface area contributed by atoms with Gasteiger partial charge in [-0.2, -0.15) is 12.1 Å². The zero-order valence-electron chi connectivity index (χ0n) is 13.9. The van der Waals surface area contributed by atoms with Gasteiger partial charge in [0, 0.05) is 5.41 Å². The van der Waals surface area contributed by atoms with E-state index in [0.29, 0.717) is 18.5 Å². The molecule has 3 saturated carbocycles. The Labute approximate surface area is 158 Å². The fourth-order valence-corrected chi connectivity index (χ4v) is 3.64. The van der Waals surface area contributed by atoms with Crippen LogP contribution in [0.2, 0.25) is 0 Å². The topological polar surface area (TPSA) is 118 Å². The van der Waals surface area contributed by atoms with Crippen LogP contribution in [0.4, 0.5) is 0 Å². The normalized spacial score (nSPS) is 28.7. The molecule has 0 amide bonds. The van der Waals surface area contributed by atoms with E-state index < -0.39 is 17.4 Å². The number of hydrogen-bond acceptors (Lipinski definition) is 4. The van der Waals surface area contributed by atoms with Gasteiger partial charge in [0.2, 0.25) is 0 Å². The van der Waals surface area contributed by atoms with Crippen LogP contribution in [0, 0.1) is 5.41 Å². The summed E-state index contributed by atoms with van der Waals surface area (Å²) >= 11 is 0. The summed E-state index contributed by atoms with van der Waals surface area (Å²) in [4.78, 5) is 20.4. The molecule has 3 fully saturated rings. The van der Waals surface area contributed by atoms with Gasteiger partial charge in [0.15, 0.2) is 0 Å². The smallest absolute Gasteiger partial charge is 0.676 e. The van der Waals surface area contributed by atoms with Gasteiger partial charge in [0.1, 0.15) is 0 Å². The molecular weight excluding hydrogens is 491 g/mol. The second-order valence-corrected chi connectivity index (χ2v) is 7.06. The van der Waals surface area contributed by atoms with E-state index in [1.54, 1.807) is 0 Å². The van der Waals surface area contributed by atoms with Gasteiger partial charge in [-0.25, -0.2) is 0 Å². The van der Waals surface area contributed by atoms with Crippen molar-refractivity contribution in [3.05, 3.63) is 11.1 Å². The van der Waals surface area contributed by atoms with E-state index in [1.165, 1.54) is 44.9 Å². The van der Waals surface area contributed by atoms with E-state index in [4.69, 9.17) is 11.1 Å². The number of aliphatic carboxylic acids is 2. The standard InChI is InChI=1S/C11H20N2.C6H8O4.Pt/c12-10-7-3-4-8-11(10)13-9-5-1-2-6-9;7-4(8)6(5(9)10)2-1-3-6;/h9-12H,1-8H2;1-3H2,(H,7,8)(H,9,10);/q-2;;+4/p-2/t10-,11-;;/m1../s1. The van der Waals surface area contributed by atoms with E-state index >= 15 is 0 Å². The molecule has 7 heteroatoms. The molecule has 0 heterocycles. The third-order valence-corrected chi connectivity index (χ3v) is 5.45. The van der Waals surface area contributed by atoms with Crippen molar-refractivity contribution in [3.63, 3.8) is 0 Å². The first kappa shape index (κ1) is 21.6. The number of rotatable bonds is 4. The summed E-state index contributed by atoms with van der Waals surface area (Å²) in [5, 5.41) is 25.3. The van der Waals surface area contributed by atoms with Crippen LogP contribution in [0.25, 0.3) is 11.1 Å².